The Bertz CT molecular complexity index is 57.0. The number of alkyl halides is 2. The maximum atomic E-state index is 9.92. The molecule has 0 heterocycles. The summed E-state index contributed by atoms with van der Waals surface area (Å²) in [5, 5.41) is 0. The van der Waals surface area contributed by atoms with Crippen molar-refractivity contribution in [2.45, 2.75) is 0 Å². The van der Waals surface area contributed by atoms with Gasteiger partial charge in [0.1, 0.15) is 0 Å². The first kappa shape index (κ1) is 16.3. The molecule has 0 unspecified atom stereocenters. The first-order valence-electron chi connectivity index (χ1n) is 1.45. The Morgan fingerprint density at radius 3 is 1.62 bits per heavy atom. The van der Waals surface area contributed by atoms with E-state index in [4.69, 9.17) is 23.2 Å². The van der Waals surface area contributed by atoms with Crippen LogP contribution in [0, 0.1) is 0 Å². The molecular weight excluding hydrogens is 181 g/mol. The molecule has 0 rings (SSSR count). The van der Waals surface area contributed by atoms with Crippen molar-refractivity contribution < 1.29 is 35.8 Å². The second kappa shape index (κ2) is 11.4. The van der Waals surface area contributed by atoms with Crippen LogP contribution in [0.4, 0.5) is 0 Å². The maximum absolute atomic E-state index is 9.92. The Morgan fingerprint density at radius 2 is 1.62 bits per heavy atom. The molecule has 0 N–H and O–H groups in total. The van der Waals surface area contributed by atoms with Gasteiger partial charge >= 0.3 is 29.6 Å². The molecule has 46 valence electrons. The van der Waals surface area contributed by atoms with Crippen LogP contribution in [0.1, 0.15) is 1.43 Å². The third-order valence-electron chi connectivity index (χ3n) is 0.298. The van der Waals surface area contributed by atoms with Gasteiger partial charge in [-0.2, -0.15) is 0 Å². The van der Waals surface area contributed by atoms with E-state index in [1.165, 1.54) is 0 Å². The molecule has 8 heavy (non-hydrogen) atoms. The molecule has 0 aromatic rings. The summed E-state index contributed by atoms with van der Waals surface area (Å²) >= 11 is 10.0. The fraction of sp³-hybridized carbons (Fsp3) is 0.667. The van der Waals surface area contributed by atoms with Gasteiger partial charge < -0.3 is 1.43 Å². The van der Waals surface area contributed by atoms with Gasteiger partial charge in [0.25, 0.3) is 0 Å². The molecule has 5 heteroatoms. The van der Waals surface area contributed by atoms with E-state index in [1.807, 2.05) is 0 Å². The number of Topliss-reactive ketones (excluding diaryl/α,β-unsaturated/α-hetero) is 1. The molecule has 0 radical (unpaired) electrons. The summed E-state index contributed by atoms with van der Waals surface area (Å²) in [6, 6.07) is 0. The van der Waals surface area contributed by atoms with Crippen molar-refractivity contribution in [1.29, 1.82) is 0 Å². The molecule has 0 saturated heterocycles. The smallest absolute Gasteiger partial charge is 1.00 e. The molecule has 0 amide bonds. The van der Waals surface area contributed by atoms with Gasteiger partial charge in [-0.15, -0.1) is 35.6 Å². The van der Waals surface area contributed by atoms with Crippen LogP contribution >= 0.6 is 35.6 Å². The van der Waals surface area contributed by atoms with Gasteiger partial charge in [-0.1, -0.05) is 0 Å². The summed E-state index contributed by atoms with van der Waals surface area (Å²) in [7, 11) is 0. The Morgan fingerprint density at radius 1 is 1.38 bits per heavy atom. The van der Waals surface area contributed by atoms with E-state index in [1.54, 1.807) is 0 Å². The predicted molar refractivity (Wildman–Crippen MR) is 34.8 cm³/mol. The van der Waals surface area contributed by atoms with E-state index in [0.717, 1.165) is 0 Å². The first-order chi connectivity index (χ1) is 2.81. The van der Waals surface area contributed by atoms with Crippen molar-refractivity contribution in [2.24, 2.45) is 0 Å². The summed E-state index contributed by atoms with van der Waals surface area (Å²) in [5.41, 5.74) is 0. The molecule has 0 aromatic heterocycles. The summed E-state index contributed by atoms with van der Waals surface area (Å²) in [5.74, 6) is -0.0640. The van der Waals surface area contributed by atoms with E-state index in [0.29, 0.717) is 0 Å². The van der Waals surface area contributed by atoms with E-state index >= 15 is 0 Å². The molecule has 1 nitrogen and oxygen atoms in total. The number of hydrogen-bond donors (Lipinski definition) is 0. The number of ketones is 1. The van der Waals surface area contributed by atoms with Gasteiger partial charge in [0.2, 0.25) is 0 Å². The van der Waals surface area contributed by atoms with Crippen LogP contribution in [0.15, 0.2) is 0 Å². The van der Waals surface area contributed by atoms with Crippen molar-refractivity contribution >= 4 is 41.4 Å². The van der Waals surface area contributed by atoms with Gasteiger partial charge in [-0.3, -0.25) is 4.79 Å². The van der Waals surface area contributed by atoms with E-state index < -0.39 is 0 Å². The molecule has 0 aliphatic heterocycles. The molecule has 0 aromatic carbocycles. The molecule has 0 bridgehead atoms. The Labute approximate surface area is 88.3 Å². The predicted octanol–water partition coefficient (Wildman–Crippen LogP) is -1.43. The molecule has 0 aliphatic rings. The number of carbonyl (C=O) groups excluding carboxylic acids is 1. The quantitative estimate of drug-likeness (QED) is 0.383. The van der Waals surface area contributed by atoms with E-state index in [-0.39, 0.29) is 60.9 Å². The second-order valence-electron chi connectivity index (χ2n) is 0.806. The summed E-state index contributed by atoms with van der Waals surface area (Å²) in [6.07, 6.45) is 0. The van der Waals surface area contributed by atoms with Crippen molar-refractivity contribution in [3.8, 4) is 0 Å². The number of carbonyl (C=O) groups is 1. The van der Waals surface area contributed by atoms with Crippen LogP contribution < -0.4 is 29.6 Å². The van der Waals surface area contributed by atoms with E-state index in [2.05, 4.69) is 0 Å². The Kier molecular flexibility index (Phi) is 23.1. The SMILES string of the molecule is Cl.O=C(CCl)CCl.[H-].[Na+]. The first-order valence-corrected chi connectivity index (χ1v) is 2.51. The van der Waals surface area contributed by atoms with Crippen LogP contribution in [0.5, 0.6) is 0 Å². The van der Waals surface area contributed by atoms with Gasteiger partial charge in [-0.25, -0.2) is 0 Å². The Balaban J connectivity index is -0.0000000417. The summed E-state index contributed by atoms with van der Waals surface area (Å²) < 4.78 is 0. The van der Waals surface area contributed by atoms with Crippen LogP contribution in [0.3, 0.4) is 0 Å². The normalized spacial score (nSPS) is 6.25. The third kappa shape index (κ3) is 10.5. The Hall–Kier alpha value is 1.54. The number of hydrogen-bond acceptors (Lipinski definition) is 1. The molecule has 0 saturated carbocycles. The third-order valence-corrected chi connectivity index (χ3v) is 0.894. The minimum Gasteiger partial charge on any atom is -1.00 e. The second-order valence-corrected chi connectivity index (χ2v) is 1.34. The summed E-state index contributed by atoms with van der Waals surface area (Å²) in [4.78, 5) is 9.92. The van der Waals surface area contributed by atoms with Crippen LogP contribution in [0.2, 0.25) is 0 Å². The number of halogens is 3. The van der Waals surface area contributed by atoms with Crippen LogP contribution in [0.25, 0.3) is 0 Å². The van der Waals surface area contributed by atoms with Gasteiger partial charge in [-0.05, 0) is 0 Å². The monoisotopic (exact) mass is 186 g/mol. The van der Waals surface area contributed by atoms with Gasteiger partial charge in [0.15, 0.2) is 5.78 Å². The fourth-order valence-electron chi connectivity index (χ4n) is 0.0357. The van der Waals surface area contributed by atoms with Crippen LogP contribution in [-0.2, 0) is 4.79 Å². The summed E-state index contributed by atoms with van der Waals surface area (Å²) in [6.45, 7) is 0. The van der Waals surface area contributed by atoms with Crippen molar-refractivity contribution in [1.82, 2.24) is 0 Å². The molecule has 0 aliphatic carbocycles. The van der Waals surface area contributed by atoms with E-state index in [9.17, 15) is 4.79 Å². The average Bonchev–Trinajstić information content (AvgIpc) is 1.65. The largest absolute Gasteiger partial charge is 1.00 e. The number of rotatable bonds is 2. The average molecular weight is 187 g/mol. The molecule has 0 spiro atoms. The van der Waals surface area contributed by atoms with Crippen molar-refractivity contribution in [3.63, 3.8) is 0 Å². The molecule has 0 fully saturated rings. The zero-order valence-electron chi connectivity index (χ0n) is 5.49. The topological polar surface area (TPSA) is 17.1 Å². The van der Waals surface area contributed by atoms with Gasteiger partial charge in [0.05, 0.1) is 11.8 Å². The van der Waals surface area contributed by atoms with Crippen LogP contribution in [-0.4, -0.2) is 17.5 Å². The minimum absolute atomic E-state index is 0. The van der Waals surface area contributed by atoms with Crippen molar-refractivity contribution in [3.05, 3.63) is 0 Å². The van der Waals surface area contributed by atoms with Gasteiger partial charge in [0, 0.05) is 0 Å². The molecular formula is C3H6Cl3NaO. The zero-order valence-corrected chi connectivity index (χ0v) is 8.81. The fourth-order valence-corrected chi connectivity index (χ4v) is 0.321. The standard InChI is InChI=1S/C3H4Cl2O.ClH.Na.H/c4-1-3(6)2-5;;;/h1-2H2;1H;;/q;;+1;-1. The maximum Gasteiger partial charge on any atom is 1.00 e. The van der Waals surface area contributed by atoms with Crippen molar-refractivity contribution in [2.75, 3.05) is 11.8 Å². The minimum atomic E-state index is -0.127. The molecule has 0 atom stereocenters. The zero-order chi connectivity index (χ0) is 4.99.